The highest BCUT2D eigenvalue weighted by Crippen LogP contribution is 2.14. The molecule has 64 valence electrons. The van der Waals surface area contributed by atoms with Gasteiger partial charge >= 0.3 is 0 Å². The van der Waals surface area contributed by atoms with E-state index < -0.39 is 0 Å². The van der Waals surface area contributed by atoms with Crippen LogP contribution in [0.1, 0.15) is 19.8 Å². The van der Waals surface area contributed by atoms with E-state index in [1.807, 2.05) is 6.92 Å². The molecule has 1 heterocycles. The Labute approximate surface area is 68.3 Å². The summed E-state index contributed by atoms with van der Waals surface area (Å²) in [7, 11) is 0. The molecule has 0 spiro atoms. The molecule has 0 unspecified atom stereocenters. The van der Waals surface area contributed by atoms with Crippen molar-refractivity contribution >= 4 is 0 Å². The Bertz CT molecular complexity index is 136. The second-order valence-corrected chi connectivity index (χ2v) is 3.26. The van der Waals surface area contributed by atoms with Crippen molar-refractivity contribution in [2.75, 3.05) is 19.7 Å². The van der Waals surface area contributed by atoms with Crippen LogP contribution in [0.3, 0.4) is 0 Å². The summed E-state index contributed by atoms with van der Waals surface area (Å²) in [5.74, 6) is 0.698. The van der Waals surface area contributed by atoms with Gasteiger partial charge in [-0.05, 0) is 38.8 Å². The molecule has 2 nitrogen and oxygen atoms in total. The predicted molar refractivity (Wildman–Crippen MR) is 46.4 cm³/mol. The summed E-state index contributed by atoms with van der Waals surface area (Å²) >= 11 is 0. The van der Waals surface area contributed by atoms with Crippen LogP contribution in [0.4, 0.5) is 0 Å². The van der Waals surface area contributed by atoms with Crippen molar-refractivity contribution in [3.05, 3.63) is 11.6 Å². The zero-order chi connectivity index (χ0) is 8.10. The lowest BCUT2D eigenvalue weighted by molar-refractivity contribution is 0.328. The van der Waals surface area contributed by atoms with Gasteiger partial charge in [0.05, 0.1) is 6.61 Å². The van der Waals surface area contributed by atoms with Gasteiger partial charge in [0, 0.05) is 0 Å². The minimum atomic E-state index is 0.212. The highest BCUT2D eigenvalue weighted by Gasteiger charge is 2.09. The molecule has 0 aliphatic carbocycles. The van der Waals surface area contributed by atoms with Crippen LogP contribution in [0.2, 0.25) is 0 Å². The van der Waals surface area contributed by atoms with Gasteiger partial charge in [-0.15, -0.1) is 0 Å². The number of aliphatic hydroxyl groups is 1. The highest BCUT2D eigenvalue weighted by molar-refractivity contribution is 5.01. The molecule has 1 aliphatic heterocycles. The Morgan fingerprint density at radius 3 is 2.73 bits per heavy atom. The lowest BCUT2D eigenvalue weighted by Gasteiger charge is -2.19. The van der Waals surface area contributed by atoms with Crippen LogP contribution < -0.4 is 5.32 Å². The third-order valence-electron chi connectivity index (χ3n) is 2.15. The standard InChI is InChI=1S/C9H17NO/c1-8(7-11)6-9-2-4-10-5-3-9/h6,9-11H,2-5,7H2,1H3/b8-6-. The van der Waals surface area contributed by atoms with Gasteiger partial charge in [0.25, 0.3) is 0 Å². The molecule has 1 saturated heterocycles. The third-order valence-corrected chi connectivity index (χ3v) is 2.15. The molecule has 0 bridgehead atoms. The average molecular weight is 155 g/mol. The van der Waals surface area contributed by atoms with Crippen molar-refractivity contribution < 1.29 is 5.11 Å². The fourth-order valence-corrected chi connectivity index (χ4v) is 1.47. The molecule has 0 saturated carbocycles. The molecule has 1 aliphatic rings. The molecule has 0 amide bonds. The topological polar surface area (TPSA) is 32.3 Å². The Balaban J connectivity index is 2.34. The van der Waals surface area contributed by atoms with E-state index in [9.17, 15) is 0 Å². The predicted octanol–water partition coefficient (Wildman–Crippen LogP) is 0.925. The minimum Gasteiger partial charge on any atom is -0.392 e. The van der Waals surface area contributed by atoms with Gasteiger partial charge in [0.2, 0.25) is 0 Å². The number of piperidine rings is 1. The largest absolute Gasteiger partial charge is 0.392 e. The summed E-state index contributed by atoms with van der Waals surface area (Å²) in [5.41, 5.74) is 1.11. The van der Waals surface area contributed by atoms with Crippen LogP contribution >= 0.6 is 0 Å². The maximum Gasteiger partial charge on any atom is 0.0639 e. The Kier molecular flexibility index (Phi) is 3.60. The maximum absolute atomic E-state index is 8.78. The number of rotatable bonds is 2. The molecule has 1 fully saturated rings. The van der Waals surface area contributed by atoms with Crippen molar-refractivity contribution in [3.63, 3.8) is 0 Å². The average Bonchev–Trinajstić information content (AvgIpc) is 2.06. The molecule has 0 aromatic heterocycles. The monoisotopic (exact) mass is 155 g/mol. The quantitative estimate of drug-likeness (QED) is 0.581. The highest BCUT2D eigenvalue weighted by atomic mass is 16.3. The van der Waals surface area contributed by atoms with E-state index in [2.05, 4.69) is 11.4 Å². The normalized spacial score (nSPS) is 22.2. The molecular weight excluding hydrogens is 138 g/mol. The summed E-state index contributed by atoms with van der Waals surface area (Å²) in [4.78, 5) is 0. The number of allylic oxidation sites excluding steroid dienone is 1. The summed E-state index contributed by atoms with van der Waals surface area (Å²) < 4.78 is 0. The number of hydrogen-bond donors (Lipinski definition) is 2. The van der Waals surface area contributed by atoms with Crippen LogP contribution in [-0.2, 0) is 0 Å². The summed E-state index contributed by atoms with van der Waals surface area (Å²) in [6.07, 6.45) is 4.65. The van der Waals surface area contributed by atoms with E-state index in [0.29, 0.717) is 5.92 Å². The van der Waals surface area contributed by atoms with Crippen molar-refractivity contribution in [2.24, 2.45) is 5.92 Å². The van der Waals surface area contributed by atoms with Crippen LogP contribution in [0.5, 0.6) is 0 Å². The molecule has 0 aromatic rings. The summed E-state index contributed by atoms with van der Waals surface area (Å²) in [6, 6.07) is 0. The van der Waals surface area contributed by atoms with Crippen molar-refractivity contribution in [1.29, 1.82) is 0 Å². The first-order chi connectivity index (χ1) is 5.33. The zero-order valence-corrected chi connectivity index (χ0v) is 7.14. The number of aliphatic hydroxyl groups excluding tert-OH is 1. The first-order valence-corrected chi connectivity index (χ1v) is 4.32. The summed E-state index contributed by atoms with van der Waals surface area (Å²) in [5, 5.41) is 12.1. The first kappa shape index (κ1) is 8.75. The van der Waals surface area contributed by atoms with E-state index in [1.165, 1.54) is 12.8 Å². The molecule has 2 N–H and O–H groups in total. The van der Waals surface area contributed by atoms with E-state index in [0.717, 1.165) is 18.7 Å². The Morgan fingerprint density at radius 1 is 1.55 bits per heavy atom. The van der Waals surface area contributed by atoms with Crippen LogP contribution in [-0.4, -0.2) is 24.8 Å². The first-order valence-electron chi connectivity index (χ1n) is 4.32. The van der Waals surface area contributed by atoms with Gasteiger partial charge in [-0.2, -0.15) is 0 Å². The van der Waals surface area contributed by atoms with Gasteiger partial charge in [-0.25, -0.2) is 0 Å². The van der Waals surface area contributed by atoms with Gasteiger partial charge in [-0.1, -0.05) is 11.6 Å². The van der Waals surface area contributed by atoms with Crippen molar-refractivity contribution in [2.45, 2.75) is 19.8 Å². The molecule has 0 aromatic carbocycles. The second-order valence-electron chi connectivity index (χ2n) is 3.26. The Morgan fingerprint density at radius 2 is 2.18 bits per heavy atom. The Hall–Kier alpha value is -0.340. The second kappa shape index (κ2) is 4.52. The number of hydrogen-bond acceptors (Lipinski definition) is 2. The molecule has 1 rings (SSSR count). The smallest absolute Gasteiger partial charge is 0.0639 e. The van der Waals surface area contributed by atoms with E-state index in [-0.39, 0.29) is 6.61 Å². The molecular formula is C9H17NO. The fraction of sp³-hybridized carbons (Fsp3) is 0.778. The minimum absolute atomic E-state index is 0.212. The van der Waals surface area contributed by atoms with E-state index in [4.69, 9.17) is 5.11 Å². The number of nitrogens with one attached hydrogen (secondary N) is 1. The fourth-order valence-electron chi connectivity index (χ4n) is 1.47. The molecule has 0 radical (unpaired) electrons. The van der Waals surface area contributed by atoms with Crippen LogP contribution in [0.25, 0.3) is 0 Å². The summed E-state index contributed by atoms with van der Waals surface area (Å²) in [6.45, 7) is 4.45. The SMILES string of the molecule is C/C(=C/C1CCNCC1)CO. The van der Waals surface area contributed by atoms with Crippen molar-refractivity contribution in [1.82, 2.24) is 5.32 Å². The maximum atomic E-state index is 8.78. The van der Waals surface area contributed by atoms with Crippen LogP contribution in [0, 0.1) is 5.92 Å². The van der Waals surface area contributed by atoms with Gasteiger partial charge < -0.3 is 10.4 Å². The lowest BCUT2D eigenvalue weighted by atomic mass is 9.96. The van der Waals surface area contributed by atoms with E-state index in [1.54, 1.807) is 0 Å². The van der Waals surface area contributed by atoms with Crippen molar-refractivity contribution in [3.8, 4) is 0 Å². The van der Waals surface area contributed by atoms with E-state index >= 15 is 0 Å². The van der Waals surface area contributed by atoms with Gasteiger partial charge in [0.1, 0.15) is 0 Å². The van der Waals surface area contributed by atoms with Crippen LogP contribution in [0.15, 0.2) is 11.6 Å². The lowest BCUT2D eigenvalue weighted by Crippen LogP contribution is -2.26. The van der Waals surface area contributed by atoms with Gasteiger partial charge in [0.15, 0.2) is 0 Å². The third kappa shape index (κ3) is 3.04. The van der Waals surface area contributed by atoms with Gasteiger partial charge in [-0.3, -0.25) is 0 Å². The molecule has 11 heavy (non-hydrogen) atoms. The zero-order valence-electron chi connectivity index (χ0n) is 7.14. The molecule has 2 heteroatoms. The molecule has 0 atom stereocenters.